The lowest BCUT2D eigenvalue weighted by Crippen LogP contribution is -2.39. The summed E-state index contributed by atoms with van der Waals surface area (Å²) < 4.78 is 0. The number of nitro benzene ring substituents is 1. The van der Waals surface area contributed by atoms with Gasteiger partial charge in [0.05, 0.1) is 11.5 Å². The number of hydrogen-bond acceptors (Lipinski definition) is 5. The van der Waals surface area contributed by atoms with Crippen molar-refractivity contribution in [3.8, 4) is 0 Å². The van der Waals surface area contributed by atoms with Gasteiger partial charge in [-0.05, 0) is 12.5 Å². The molecule has 1 aromatic carbocycles. The lowest BCUT2D eigenvalue weighted by molar-refractivity contribution is -0.385. The number of nitro groups is 1. The highest BCUT2D eigenvalue weighted by Crippen LogP contribution is 2.21. The van der Waals surface area contributed by atoms with Gasteiger partial charge < -0.3 is 15.7 Å². The Bertz CT molecular complexity index is 599. The van der Waals surface area contributed by atoms with Gasteiger partial charge in [0.15, 0.2) is 0 Å². The van der Waals surface area contributed by atoms with Crippen LogP contribution in [0.15, 0.2) is 18.2 Å². The van der Waals surface area contributed by atoms with Gasteiger partial charge in [0, 0.05) is 6.07 Å². The van der Waals surface area contributed by atoms with Crippen molar-refractivity contribution in [2.75, 3.05) is 13.1 Å². The molecular formula is C12H13N3O6. The molecule has 0 aliphatic heterocycles. The highest BCUT2D eigenvalue weighted by molar-refractivity contribution is 6.01. The van der Waals surface area contributed by atoms with Gasteiger partial charge in [0.1, 0.15) is 12.1 Å². The maximum Gasteiger partial charge on any atom is 0.322 e. The highest BCUT2D eigenvalue weighted by atomic mass is 16.6. The molecule has 2 amide bonds. The SMILES string of the molecule is Cc1cccc([N+](=O)[O-])c1C(=O)NCC(=O)NCC(=O)O. The fraction of sp³-hybridized carbons (Fsp3) is 0.250. The average Bonchev–Trinajstić information content (AvgIpc) is 2.42. The number of carboxylic acid groups (broad SMARTS) is 1. The molecular weight excluding hydrogens is 282 g/mol. The molecule has 0 unspecified atom stereocenters. The van der Waals surface area contributed by atoms with Crippen LogP contribution in [0.1, 0.15) is 15.9 Å². The topological polar surface area (TPSA) is 139 Å². The van der Waals surface area contributed by atoms with Crippen molar-refractivity contribution < 1.29 is 24.4 Å². The van der Waals surface area contributed by atoms with E-state index in [0.717, 1.165) is 0 Å². The van der Waals surface area contributed by atoms with Crippen molar-refractivity contribution in [3.63, 3.8) is 0 Å². The van der Waals surface area contributed by atoms with Crippen LogP contribution in [0.3, 0.4) is 0 Å². The normalized spacial score (nSPS) is 9.76. The van der Waals surface area contributed by atoms with Crippen LogP contribution < -0.4 is 10.6 Å². The van der Waals surface area contributed by atoms with E-state index in [2.05, 4.69) is 10.6 Å². The number of rotatable bonds is 6. The fourth-order valence-electron chi connectivity index (χ4n) is 1.59. The molecule has 0 saturated heterocycles. The van der Waals surface area contributed by atoms with E-state index in [9.17, 15) is 24.5 Å². The predicted octanol–water partition coefficient (Wildman–Crippen LogP) is -0.166. The summed E-state index contributed by atoms with van der Waals surface area (Å²) in [7, 11) is 0. The number of hydrogen-bond donors (Lipinski definition) is 3. The first-order valence-corrected chi connectivity index (χ1v) is 5.83. The van der Waals surface area contributed by atoms with Crippen molar-refractivity contribution in [3.05, 3.63) is 39.4 Å². The third kappa shape index (κ3) is 4.56. The number of carbonyl (C=O) groups excluding carboxylic acids is 2. The van der Waals surface area contributed by atoms with Gasteiger partial charge in [0.25, 0.3) is 11.6 Å². The number of benzene rings is 1. The first kappa shape index (κ1) is 16.1. The van der Waals surface area contributed by atoms with E-state index in [4.69, 9.17) is 5.11 Å². The Morgan fingerprint density at radius 1 is 1.24 bits per heavy atom. The second-order valence-corrected chi connectivity index (χ2v) is 4.08. The summed E-state index contributed by atoms with van der Waals surface area (Å²) in [5.41, 5.74) is -0.0976. The Labute approximate surface area is 119 Å². The molecule has 1 rings (SSSR count). The molecule has 112 valence electrons. The first-order chi connectivity index (χ1) is 9.82. The van der Waals surface area contributed by atoms with E-state index in [-0.39, 0.29) is 11.3 Å². The number of nitrogens with zero attached hydrogens (tertiary/aromatic N) is 1. The molecule has 0 aromatic heterocycles. The second-order valence-electron chi connectivity index (χ2n) is 4.08. The second kappa shape index (κ2) is 6.98. The van der Waals surface area contributed by atoms with Gasteiger partial charge in [-0.15, -0.1) is 0 Å². The Hall–Kier alpha value is -2.97. The monoisotopic (exact) mass is 295 g/mol. The zero-order chi connectivity index (χ0) is 16.0. The van der Waals surface area contributed by atoms with Crippen molar-refractivity contribution in [1.82, 2.24) is 10.6 Å². The molecule has 0 aliphatic rings. The molecule has 0 spiro atoms. The minimum absolute atomic E-state index is 0.131. The lowest BCUT2D eigenvalue weighted by atomic mass is 10.1. The van der Waals surface area contributed by atoms with Gasteiger partial charge in [-0.2, -0.15) is 0 Å². The smallest absolute Gasteiger partial charge is 0.322 e. The molecule has 9 nitrogen and oxygen atoms in total. The molecule has 0 saturated carbocycles. The summed E-state index contributed by atoms with van der Waals surface area (Å²) in [4.78, 5) is 43.6. The number of aliphatic carboxylic acids is 1. The fourth-order valence-corrected chi connectivity index (χ4v) is 1.59. The van der Waals surface area contributed by atoms with Crippen molar-refractivity contribution >= 4 is 23.5 Å². The third-order valence-electron chi connectivity index (χ3n) is 2.52. The minimum Gasteiger partial charge on any atom is -0.480 e. The largest absolute Gasteiger partial charge is 0.480 e. The number of carboxylic acids is 1. The maximum atomic E-state index is 11.9. The van der Waals surface area contributed by atoms with E-state index < -0.39 is 35.8 Å². The van der Waals surface area contributed by atoms with Crippen LogP contribution in [0.2, 0.25) is 0 Å². The molecule has 0 radical (unpaired) electrons. The quantitative estimate of drug-likeness (QED) is 0.492. The van der Waals surface area contributed by atoms with E-state index in [0.29, 0.717) is 5.56 Å². The van der Waals surface area contributed by atoms with E-state index in [1.165, 1.54) is 25.1 Å². The van der Waals surface area contributed by atoms with Gasteiger partial charge in [-0.3, -0.25) is 24.5 Å². The van der Waals surface area contributed by atoms with Crippen LogP contribution in [0, 0.1) is 17.0 Å². The number of aryl methyl sites for hydroxylation is 1. The minimum atomic E-state index is -1.22. The van der Waals surface area contributed by atoms with Crippen LogP contribution in [0.4, 0.5) is 5.69 Å². The molecule has 0 aliphatic carbocycles. The molecule has 0 fully saturated rings. The van der Waals surface area contributed by atoms with Crippen LogP contribution in [0.5, 0.6) is 0 Å². The zero-order valence-corrected chi connectivity index (χ0v) is 11.1. The van der Waals surface area contributed by atoms with Crippen molar-refractivity contribution in [1.29, 1.82) is 0 Å². The summed E-state index contributed by atoms with van der Waals surface area (Å²) in [6, 6.07) is 4.17. The molecule has 0 heterocycles. The molecule has 0 bridgehead atoms. The van der Waals surface area contributed by atoms with Gasteiger partial charge in [0.2, 0.25) is 5.91 Å². The van der Waals surface area contributed by atoms with Gasteiger partial charge in [-0.25, -0.2) is 0 Å². The Kier molecular flexibility index (Phi) is 5.35. The predicted molar refractivity (Wildman–Crippen MR) is 70.8 cm³/mol. The summed E-state index contributed by atoms with van der Waals surface area (Å²) in [6.45, 7) is 0.489. The number of amides is 2. The maximum absolute atomic E-state index is 11.9. The number of nitrogens with one attached hydrogen (secondary N) is 2. The van der Waals surface area contributed by atoms with Gasteiger partial charge >= 0.3 is 5.97 Å². The van der Waals surface area contributed by atoms with E-state index >= 15 is 0 Å². The van der Waals surface area contributed by atoms with E-state index in [1.54, 1.807) is 0 Å². The zero-order valence-electron chi connectivity index (χ0n) is 11.1. The van der Waals surface area contributed by atoms with Crippen LogP contribution in [-0.2, 0) is 9.59 Å². The highest BCUT2D eigenvalue weighted by Gasteiger charge is 2.22. The summed E-state index contributed by atoms with van der Waals surface area (Å²) in [5, 5.41) is 23.5. The van der Waals surface area contributed by atoms with Crippen molar-refractivity contribution in [2.24, 2.45) is 0 Å². The van der Waals surface area contributed by atoms with E-state index in [1.807, 2.05) is 0 Å². The molecule has 3 N–H and O–H groups in total. The Morgan fingerprint density at radius 3 is 2.48 bits per heavy atom. The van der Waals surface area contributed by atoms with Crippen molar-refractivity contribution in [2.45, 2.75) is 6.92 Å². The van der Waals surface area contributed by atoms with Gasteiger partial charge in [-0.1, -0.05) is 12.1 Å². The molecule has 0 atom stereocenters. The molecule has 9 heteroatoms. The summed E-state index contributed by atoms with van der Waals surface area (Å²) >= 11 is 0. The van der Waals surface area contributed by atoms with Crippen LogP contribution >= 0.6 is 0 Å². The Balaban J connectivity index is 2.75. The first-order valence-electron chi connectivity index (χ1n) is 5.83. The third-order valence-corrected chi connectivity index (χ3v) is 2.52. The lowest BCUT2D eigenvalue weighted by Gasteiger charge is -2.08. The molecule has 1 aromatic rings. The standard InChI is InChI=1S/C12H13N3O6/c1-7-3-2-4-8(15(20)21)11(7)12(19)14-5-9(16)13-6-10(17)18/h2-4H,5-6H2,1H3,(H,13,16)(H,14,19)(H,17,18). The number of carbonyl (C=O) groups is 3. The summed E-state index contributed by atoms with van der Waals surface area (Å²) in [5.74, 6) is -2.70. The Morgan fingerprint density at radius 2 is 1.90 bits per heavy atom. The molecule has 21 heavy (non-hydrogen) atoms. The van der Waals surface area contributed by atoms with Crippen LogP contribution in [-0.4, -0.2) is 40.9 Å². The average molecular weight is 295 g/mol. The van der Waals surface area contributed by atoms with Crippen LogP contribution in [0.25, 0.3) is 0 Å². The summed E-state index contributed by atoms with van der Waals surface area (Å²) in [6.07, 6.45) is 0.